The van der Waals surface area contributed by atoms with E-state index in [4.69, 9.17) is 0 Å². The maximum Gasteiger partial charge on any atom is -0.00291 e. The summed E-state index contributed by atoms with van der Waals surface area (Å²) in [6.07, 6.45) is 5.45. The molecule has 0 heterocycles. The van der Waals surface area contributed by atoms with E-state index >= 15 is 0 Å². The standard InChI is InChI=1S/C14H18/c1-4-13(10-12(2)3)11-14-8-6-5-7-9-14/h4-10H,11H2,1-3H3/b13-4+. The Hall–Kier alpha value is -1.30. The maximum absolute atomic E-state index is 2.24. The van der Waals surface area contributed by atoms with Crippen LogP contribution in [0.15, 0.2) is 53.6 Å². The van der Waals surface area contributed by atoms with E-state index in [0.29, 0.717) is 0 Å². The van der Waals surface area contributed by atoms with Crippen molar-refractivity contribution in [1.29, 1.82) is 0 Å². The van der Waals surface area contributed by atoms with Crippen LogP contribution in [-0.4, -0.2) is 0 Å². The molecule has 0 aromatic heterocycles. The Morgan fingerprint density at radius 3 is 2.29 bits per heavy atom. The van der Waals surface area contributed by atoms with Gasteiger partial charge in [-0.3, -0.25) is 0 Å². The molecule has 0 nitrogen and oxygen atoms in total. The lowest BCUT2D eigenvalue weighted by Crippen LogP contribution is -1.87. The fourth-order valence-corrected chi connectivity index (χ4v) is 1.44. The first-order valence-corrected chi connectivity index (χ1v) is 5.06. The van der Waals surface area contributed by atoms with Crippen LogP contribution in [0.25, 0.3) is 0 Å². The molecule has 0 bridgehead atoms. The Morgan fingerprint density at radius 1 is 1.14 bits per heavy atom. The third-order valence-corrected chi connectivity index (χ3v) is 2.10. The summed E-state index contributed by atoms with van der Waals surface area (Å²) in [5, 5.41) is 0. The molecule has 0 saturated carbocycles. The van der Waals surface area contributed by atoms with E-state index in [1.807, 2.05) is 0 Å². The molecular formula is C14H18. The van der Waals surface area contributed by atoms with Gasteiger partial charge >= 0.3 is 0 Å². The van der Waals surface area contributed by atoms with Crippen LogP contribution in [0, 0.1) is 0 Å². The van der Waals surface area contributed by atoms with Crippen LogP contribution in [0.5, 0.6) is 0 Å². The van der Waals surface area contributed by atoms with Crippen LogP contribution in [0.2, 0.25) is 0 Å². The lowest BCUT2D eigenvalue weighted by atomic mass is 10.0. The third-order valence-electron chi connectivity index (χ3n) is 2.10. The van der Waals surface area contributed by atoms with Crippen molar-refractivity contribution in [3.05, 3.63) is 59.2 Å². The van der Waals surface area contributed by atoms with Gasteiger partial charge in [0.25, 0.3) is 0 Å². The number of allylic oxidation sites excluding steroid dienone is 4. The Morgan fingerprint density at radius 2 is 1.79 bits per heavy atom. The zero-order valence-corrected chi connectivity index (χ0v) is 9.25. The molecule has 0 radical (unpaired) electrons. The monoisotopic (exact) mass is 186 g/mol. The predicted molar refractivity (Wildman–Crippen MR) is 63.3 cm³/mol. The first-order valence-electron chi connectivity index (χ1n) is 5.06. The summed E-state index contributed by atoms with van der Waals surface area (Å²) in [6.45, 7) is 6.36. The Balaban J connectivity index is 2.73. The van der Waals surface area contributed by atoms with Crippen LogP contribution in [0.3, 0.4) is 0 Å². The lowest BCUT2D eigenvalue weighted by Gasteiger charge is -2.02. The third kappa shape index (κ3) is 3.61. The molecule has 1 rings (SSSR count). The quantitative estimate of drug-likeness (QED) is 0.622. The van der Waals surface area contributed by atoms with Crippen molar-refractivity contribution in [2.24, 2.45) is 0 Å². The van der Waals surface area contributed by atoms with Crippen molar-refractivity contribution in [1.82, 2.24) is 0 Å². The van der Waals surface area contributed by atoms with Crippen LogP contribution >= 0.6 is 0 Å². The highest BCUT2D eigenvalue weighted by atomic mass is 14.0. The van der Waals surface area contributed by atoms with E-state index in [1.54, 1.807) is 0 Å². The molecule has 1 aromatic carbocycles. The van der Waals surface area contributed by atoms with Gasteiger partial charge in [0, 0.05) is 0 Å². The second kappa shape index (κ2) is 5.43. The Labute approximate surface area is 87.0 Å². The largest absolute Gasteiger partial charge is 0.0841 e. The molecule has 0 saturated heterocycles. The average Bonchev–Trinajstić information content (AvgIpc) is 2.17. The molecule has 0 aliphatic carbocycles. The van der Waals surface area contributed by atoms with E-state index in [1.165, 1.54) is 16.7 Å². The fourth-order valence-electron chi connectivity index (χ4n) is 1.44. The summed E-state index contributed by atoms with van der Waals surface area (Å²) < 4.78 is 0. The molecule has 0 aliphatic rings. The van der Waals surface area contributed by atoms with Gasteiger partial charge in [-0.2, -0.15) is 0 Å². The van der Waals surface area contributed by atoms with Gasteiger partial charge in [0.2, 0.25) is 0 Å². The van der Waals surface area contributed by atoms with E-state index in [2.05, 4.69) is 63.3 Å². The molecule has 14 heavy (non-hydrogen) atoms. The topological polar surface area (TPSA) is 0 Å². The van der Waals surface area contributed by atoms with Gasteiger partial charge < -0.3 is 0 Å². The lowest BCUT2D eigenvalue weighted by molar-refractivity contribution is 1.17. The van der Waals surface area contributed by atoms with Crippen molar-refractivity contribution in [3.63, 3.8) is 0 Å². The molecule has 0 N–H and O–H groups in total. The van der Waals surface area contributed by atoms with Crippen molar-refractivity contribution in [2.45, 2.75) is 27.2 Å². The van der Waals surface area contributed by atoms with Crippen LogP contribution < -0.4 is 0 Å². The van der Waals surface area contributed by atoms with Crippen molar-refractivity contribution in [2.75, 3.05) is 0 Å². The highest BCUT2D eigenvalue weighted by Crippen LogP contribution is 2.10. The van der Waals surface area contributed by atoms with Gasteiger partial charge in [-0.15, -0.1) is 0 Å². The average molecular weight is 186 g/mol. The van der Waals surface area contributed by atoms with E-state index in [9.17, 15) is 0 Å². The first kappa shape index (κ1) is 10.8. The second-order valence-corrected chi connectivity index (χ2v) is 3.75. The first-order chi connectivity index (χ1) is 6.72. The Bertz CT molecular complexity index is 324. The number of rotatable bonds is 3. The molecule has 0 unspecified atom stereocenters. The van der Waals surface area contributed by atoms with Gasteiger partial charge in [0.05, 0.1) is 0 Å². The van der Waals surface area contributed by atoms with Gasteiger partial charge in [-0.05, 0) is 38.3 Å². The number of hydrogen-bond acceptors (Lipinski definition) is 0. The highest BCUT2D eigenvalue weighted by Gasteiger charge is 1.94. The van der Waals surface area contributed by atoms with Crippen molar-refractivity contribution >= 4 is 0 Å². The summed E-state index contributed by atoms with van der Waals surface area (Å²) in [7, 11) is 0. The van der Waals surface area contributed by atoms with Gasteiger partial charge in [0.15, 0.2) is 0 Å². The zero-order valence-electron chi connectivity index (χ0n) is 9.25. The summed E-state index contributed by atoms with van der Waals surface area (Å²) in [5.41, 5.74) is 4.11. The Kier molecular flexibility index (Phi) is 4.18. The molecule has 0 heteroatoms. The minimum absolute atomic E-state index is 1.03. The smallest absolute Gasteiger partial charge is 0.00291 e. The van der Waals surface area contributed by atoms with E-state index in [0.717, 1.165) is 6.42 Å². The minimum Gasteiger partial charge on any atom is -0.0841 e. The van der Waals surface area contributed by atoms with Gasteiger partial charge in [-0.25, -0.2) is 0 Å². The normalized spacial score (nSPS) is 11.2. The zero-order chi connectivity index (χ0) is 10.4. The molecule has 0 aliphatic heterocycles. The van der Waals surface area contributed by atoms with Gasteiger partial charge in [-0.1, -0.05) is 48.1 Å². The van der Waals surface area contributed by atoms with Crippen molar-refractivity contribution in [3.8, 4) is 0 Å². The molecular weight excluding hydrogens is 168 g/mol. The predicted octanol–water partition coefficient (Wildman–Crippen LogP) is 4.14. The molecule has 74 valence electrons. The molecule has 0 amide bonds. The maximum atomic E-state index is 2.24. The number of benzene rings is 1. The summed E-state index contributed by atoms with van der Waals surface area (Å²) in [5.74, 6) is 0. The second-order valence-electron chi connectivity index (χ2n) is 3.75. The van der Waals surface area contributed by atoms with E-state index in [-0.39, 0.29) is 0 Å². The van der Waals surface area contributed by atoms with Crippen molar-refractivity contribution < 1.29 is 0 Å². The summed E-state index contributed by atoms with van der Waals surface area (Å²) >= 11 is 0. The minimum atomic E-state index is 1.03. The van der Waals surface area contributed by atoms with Crippen LogP contribution in [0.4, 0.5) is 0 Å². The van der Waals surface area contributed by atoms with E-state index < -0.39 is 0 Å². The summed E-state index contributed by atoms with van der Waals surface area (Å²) in [6, 6.07) is 10.6. The summed E-state index contributed by atoms with van der Waals surface area (Å²) in [4.78, 5) is 0. The van der Waals surface area contributed by atoms with Crippen LogP contribution in [0.1, 0.15) is 26.3 Å². The molecule has 0 atom stereocenters. The highest BCUT2D eigenvalue weighted by molar-refractivity contribution is 5.29. The molecule has 0 fully saturated rings. The molecule has 0 spiro atoms. The SMILES string of the molecule is C/C=C(\C=C(C)C)Cc1ccccc1. The fraction of sp³-hybridized carbons (Fsp3) is 0.286. The van der Waals surface area contributed by atoms with Crippen LogP contribution in [-0.2, 0) is 6.42 Å². The molecule has 1 aromatic rings. The van der Waals surface area contributed by atoms with Gasteiger partial charge in [0.1, 0.15) is 0 Å². The number of hydrogen-bond donors (Lipinski definition) is 0.